The highest BCUT2D eigenvalue weighted by Gasteiger charge is 2.17. The Hall–Kier alpha value is -3.16. The molecule has 0 aliphatic carbocycles. The molecule has 0 aliphatic heterocycles. The Bertz CT molecular complexity index is 710. The maximum atomic E-state index is 11.0. The number of nitrogens with zero attached hydrogens (tertiary/aromatic N) is 2. The molecule has 0 amide bonds. The minimum Gasteiger partial charge on any atom is -0.490 e. The number of hydrogen-bond donors (Lipinski definition) is 0. The third kappa shape index (κ3) is 3.78. The molecule has 8 nitrogen and oxygen atoms in total. The number of hydrogen-bond acceptors (Lipinski definition) is 6. The van der Waals surface area contributed by atoms with Crippen molar-refractivity contribution in [3.8, 4) is 11.5 Å². The SMILES string of the molecule is COc1ccc(CCc2ccc(OC)c([N+](=O)[O-])c2)cc1[N+](=O)[O-]. The molecular formula is C16H16N2O6. The first kappa shape index (κ1) is 17.2. The van der Waals surface area contributed by atoms with Gasteiger partial charge in [0.05, 0.1) is 24.1 Å². The molecule has 0 spiro atoms. The fourth-order valence-electron chi connectivity index (χ4n) is 2.36. The molecule has 0 bridgehead atoms. The Balaban J connectivity index is 2.19. The minimum atomic E-state index is -0.499. The molecule has 0 radical (unpaired) electrons. The summed E-state index contributed by atoms with van der Waals surface area (Å²) in [5.41, 5.74) is 1.30. The van der Waals surface area contributed by atoms with E-state index in [-0.39, 0.29) is 22.9 Å². The molecule has 0 aromatic heterocycles. The Labute approximate surface area is 137 Å². The highest BCUT2D eigenvalue weighted by atomic mass is 16.6. The first-order valence-electron chi connectivity index (χ1n) is 7.09. The summed E-state index contributed by atoms with van der Waals surface area (Å²) in [6, 6.07) is 9.48. The van der Waals surface area contributed by atoms with Crippen LogP contribution in [0.4, 0.5) is 11.4 Å². The monoisotopic (exact) mass is 332 g/mol. The van der Waals surface area contributed by atoms with Crippen LogP contribution < -0.4 is 9.47 Å². The standard InChI is InChI=1S/C16H16N2O6/c1-23-15-7-5-11(9-13(15)17(19)20)3-4-12-6-8-16(24-2)14(10-12)18(21)22/h5-10H,3-4H2,1-2H3. The fourth-order valence-corrected chi connectivity index (χ4v) is 2.36. The molecule has 2 aromatic carbocycles. The molecule has 2 aromatic rings. The summed E-state index contributed by atoms with van der Waals surface area (Å²) in [7, 11) is 2.75. The van der Waals surface area contributed by atoms with E-state index < -0.39 is 9.85 Å². The normalized spacial score (nSPS) is 10.2. The smallest absolute Gasteiger partial charge is 0.311 e. The van der Waals surface area contributed by atoms with Gasteiger partial charge >= 0.3 is 11.4 Å². The Kier molecular flexibility index (Phi) is 5.31. The van der Waals surface area contributed by atoms with Crippen molar-refractivity contribution in [2.75, 3.05) is 14.2 Å². The van der Waals surface area contributed by atoms with Gasteiger partial charge in [0.1, 0.15) is 0 Å². The van der Waals surface area contributed by atoms with Crippen molar-refractivity contribution < 1.29 is 19.3 Å². The van der Waals surface area contributed by atoms with Crippen LogP contribution in [0.15, 0.2) is 36.4 Å². The van der Waals surface area contributed by atoms with Gasteiger partial charge in [-0.15, -0.1) is 0 Å². The first-order valence-corrected chi connectivity index (χ1v) is 7.09. The molecule has 24 heavy (non-hydrogen) atoms. The third-order valence-electron chi connectivity index (χ3n) is 3.58. The van der Waals surface area contributed by atoms with Gasteiger partial charge in [0.15, 0.2) is 11.5 Å². The lowest BCUT2D eigenvalue weighted by atomic mass is 10.0. The van der Waals surface area contributed by atoms with Crippen molar-refractivity contribution in [2.24, 2.45) is 0 Å². The van der Waals surface area contributed by atoms with E-state index in [0.717, 1.165) is 11.1 Å². The average Bonchev–Trinajstić information content (AvgIpc) is 2.59. The van der Waals surface area contributed by atoms with Crippen LogP contribution in [-0.4, -0.2) is 24.1 Å². The molecule has 0 fully saturated rings. The second-order valence-electron chi connectivity index (χ2n) is 5.03. The second-order valence-corrected chi connectivity index (χ2v) is 5.03. The molecule has 0 atom stereocenters. The van der Waals surface area contributed by atoms with Crippen LogP contribution in [0.25, 0.3) is 0 Å². The van der Waals surface area contributed by atoms with Crippen LogP contribution in [0.1, 0.15) is 11.1 Å². The van der Waals surface area contributed by atoms with Crippen molar-refractivity contribution >= 4 is 11.4 Å². The summed E-state index contributed by atoms with van der Waals surface area (Å²) in [5.74, 6) is 0.396. The zero-order valence-corrected chi connectivity index (χ0v) is 13.2. The van der Waals surface area contributed by atoms with E-state index in [4.69, 9.17) is 9.47 Å². The number of benzene rings is 2. The third-order valence-corrected chi connectivity index (χ3v) is 3.58. The molecule has 0 heterocycles. The molecule has 8 heteroatoms. The molecular weight excluding hydrogens is 316 g/mol. The average molecular weight is 332 g/mol. The molecule has 0 N–H and O–H groups in total. The summed E-state index contributed by atoms with van der Waals surface area (Å²) in [6.07, 6.45) is 1.02. The number of aryl methyl sites for hydroxylation is 2. The van der Waals surface area contributed by atoms with Gasteiger partial charge in [0.25, 0.3) is 0 Å². The van der Waals surface area contributed by atoms with Crippen molar-refractivity contribution in [2.45, 2.75) is 12.8 Å². The topological polar surface area (TPSA) is 105 Å². The molecule has 2 rings (SSSR count). The summed E-state index contributed by atoms with van der Waals surface area (Å²) < 4.78 is 9.92. The lowest BCUT2D eigenvalue weighted by Gasteiger charge is -2.07. The van der Waals surface area contributed by atoms with E-state index in [0.29, 0.717) is 12.8 Å². The van der Waals surface area contributed by atoms with Crippen molar-refractivity contribution in [1.82, 2.24) is 0 Å². The number of nitro benzene ring substituents is 2. The largest absolute Gasteiger partial charge is 0.490 e. The van der Waals surface area contributed by atoms with Gasteiger partial charge in [-0.2, -0.15) is 0 Å². The van der Waals surface area contributed by atoms with Crippen LogP contribution in [0.2, 0.25) is 0 Å². The van der Waals surface area contributed by atoms with Crippen LogP contribution >= 0.6 is 0 Å². The Morgan fingerprint density at radius 3 is 1.46 bits per heavy atom. The van der Waals surface area contributed by atoms with Gasteiger partial charge in [-0.25, -0.2) is 0 Å². The summed E-state index contributed by atoms with van der Waals surface area (Å²) >= 11 is 0. The van der Waals surface area contributed by atoms with Gasteiger partial charge in [-0.05, 0) is 36.1 Å². The molecule has 0 aliphatic rings. The van der Waals surface area contributed by atoms with Gasteiger partial charge in [0.2, 0.25) is 0 Å². The van der Waals surface area contributed by atoms with Crippen molar-refractivity contribution in [3.05, 3.63) is 67.8 Å². The quantitative estimate of drug-likeness (QED) is 0.569. The summed E-state index contributed by atoms with van der Waals surface area (Å²) in [6.45, 7) is 0. The van der Waals surface area contributed by atoms with E-state index in [2.05, 4.69) is 0 Å². The highest BCUT2D eigenvalue weighted by Crippen LogP contribution is 2.30. The lowest BCUT2D eigenvalue weighted by Crippen LogP contribution is -1.98. The first-order chi connectivity index (χ1) is 11.5. The second kappa shape index (κ2) is 7.40. The van der Waals surface area contributed by atoms with E-state index in [1.165, 1.54) is 26.4 Å². The molecule has 126 valence electrons. The van der Waals surface area contributed by atoms with Gasteiger partial charge in [-0.3, -0.25) is 20.2 Å². The zero-order chi connectivity index (χ0) is 17.7. The molecule has 0 unspecified atom stereocenters. The van der Waals surface area contributed by atoms with Crippen LogP contribution in [0, 0.1) is 20.2 Å². The fraction of sp³-hybridized carbons (Fsp3) is 0.250. The minimum absolute atomic E-state index is 0.101. The summed E-state index contributed by atoms with van der Waals surface area (Å²) in [4.78, 5) is 21.1. The van der Waals surface area contributed by atoms with Crippen LogP contribution in [0.5, 0.6) is 11.5 Å². The predicted octanol–water partition coefficient (Wildman–Crippen LogP) is 3.31. The van der Waals surface area contributed by atoms with Crippen LogP contribution in [-0.2, 0) is 12.8 Å². The van der Waals surface area contributed by atoms with Gasteiger partial charge in [-0.1, -0.05) is 12.1 Å². The van der Waals surface area contributed by atoms with E-state index in [9.17, 15) is 20.2 Å². The van der Waals surface area contributed by atoms with E-state index in [1.54, 1.807) is 24.3 Å². The van der Waals surface area contributed by atoms with Gasteiger partial charge < -0.3 is 9.47 Å². The zero-order valence-electron chi connectivity index (χ0n) is 13.2. The van der Waals surface area contributed by atoms with E-state index in [1.807, 2.05) is 0 Å². The maximum Gasteiger partial charge on any atom is 0.311 e. The van der Waals surface area contributed by atoms with Crippen LogP contribution in [0.3, 0.4) is 0 Å². The van der Waals surface area contributed by atoms with E-state index >= 15 is 0 Å². The predicted molar refractivity (Wildman–Crippen MR) is 86.7 cm³/mol. The highest BCUT2D eigenvalue weighted by molar-refractivity contribution is 5.50. The van der Waals surface area contributed by atoms with Crippen molar-refractivity contribution in [1.29, 1.82) is 0 Å². The van der Waals surface area contributed by atoms with Gasteiger partial charge in [0, 0.05) is 12.1 Å². The molecule has 0 saturated carbocycles. The van der Waals surface area contributed by atoms with Crippen molar-refractivity contribution in [3.63, 3.8) is 0 Å². The Morgan fingerprint density at radius 2 is 1.17 bits per heavy atom. The number of ether oxygens (including phenoxy) is 2. The number of nitro groups is 2. The maximum absolute atomic E-state index is 11.0. The summed E-state index contributed by atoms with van der Waals surface area (Å²) in [5, 5.41) is 22.1. The molecule has 0 saturated heterocycles. The number of rotatable bonds is 7. The lowest BCUT2D eigenvalue weighted by molar-refractivity contribution is -0.386. The number of methoxy groups -OCH3 is 2. The Morgan fingerprint density at radius 1 is 0.792 bits per heavy atom.